The number of nitrogens with one attached hydrogen (secondary N) is 2. The maximum Gasteiger partial charge on any atom is 0.370 e. The second-order valence-electron chi connectivity index (χ2n) is 5.69. The van der Waals surface area contributed by atoms with Crippen molar-refractivity contribution in [2.24, 2.45) is 0 Å². The smallest absolute Gasteiger partial charge is 0.319 e. The molecule has 0 fully saturated rings. The van der Waals surface area contributed by atoms with Gasteiger partial charge in [-0.05, 0) is 41.0 Å². The summed E-state index contributed by atoms with van der Waals surface area (Å²) in [7, 11) is 0. The highest BCUT2D eigenvalue weighted by molar-refractivity contribution is 5.91. The van der Waals surface area contributed by atoms with Crippen molar-refractivity contribution in [1.82, 2.24) is 40.2 Å². The first-order chi connectivity index (χ1) is 11.8. The summed E-state index contributed by atoms with van der Waals surface area (Å²) in [4.78, 5) is 19.4. The largest absolute Gasteiger partial charge is 0.370 e. The van der Waals surface area contributed by atoms with Crippen molar-refractivity contribution < 1.29 is 0 Å². The minimum atomic E-state index is -0.439. The van der Waals surface area contributed by atoms with Crippen LogP contribution in [0.3, 0.4) is 0 Å². The molecule has 0 spiro atoms. The summed E-state index contributed by atoms with van der Waals surface area (Å²) in [5, 5.41) is 18.6. The van der Waals surface area contributed by atoms with E-state index in [0.29, 0.717) is 22.8 Å². The van der Waals surface area contributed by atoms with Crippen LogP contribution in [0.5, 0.6) is 0 Å². The molecule has 4 aromatic rings. The Morgan fingerprint density at radius 3 is 2.92 bits per heavy atom. The van der Waals surface area contributed by atoms with Crippen molar-refractivity contribution >= 4 is 16.6 Å². The number of tetrazole rings is 1. The number of fused-ring (bicyclic) bond motifs is 3. The second-order valence-corrected chi connectivity index (χ2v) is 5.69. The number of aromatic amines is 2. The van der Waals surface area contributed by atoms with Gasteiger partial charge >= 0.3 is 5.69 Å². The third-order valence-corrected chi connectivity index (χ3v) is 4.00. The number of benzene rings is 1. The number of hydrogen-bond donors (Lipinski definition) is 2. The molecule has 0 aliphatic rings. The number of rotatable bonds is 5. The zero-order valence-electron chi connectivity index (χ0n) is 13.2. The second kappa shape index (κ2) is 5.84. The van der Waals surface area contributed by atoms with Crippen LogP contribution in [-0.4, -0.2) is 40.2 Å². The molecule has 0 saturated carbocycles. The first-order valence-corrected chi connectivity index (χ1v) is 7.92. The summed E-state index contributed by atoms with van der Waals surface area (Å²) >= 11 is 0. The van der Waals surface area contributed by atoms with E-state index in [1.165, 1.54) is 22.9 Å². The lowest BCUT2D eigenvalue weighted by atomic mass is 10.1. The molecule has 3 aromatic heterocycles. The molecule has 0 amide bonds. The molecule has 0 radical (unpaired) electrons. The first kappa shape index (κ1) is 14.5. The standard InChI is InChI=1S/C15H16N8O/c1-2-3-4-5-9-6-7-11-10(8-9)14-17-12(13-18-21-22-19-13)20-23(14)15(24)16-11/h6-8H,2-5H2,1H3,(H,17,20)(H,18,19,21,22). The fourth-order valence-electron chi connectivity index (χ4n) is 2.78. The Labute approximate surface area is 136 Å². The Balaban J connectivity index is 1.87. The molecule has 0 unspecified atom stereocenters. The van der Waals surface area contributed by atoms with Crippen LogP contribution in [0, 0.1) is 0 Å². The summed E-state index contributed by atoms with van der Waals surface area (Å²) in [6, 6.07) is 5.97. The van der Waals surface area contributed by atoms with Crippen molar-refractivity contribution in [3.63, 3.8) is 0 Å². The lowest BCUT2D eigenvalue weighted by molar-refractivity contribution is 0.718. The Morgan fingerprint density at radius 1 is 1.21 bits per heavy atom. The van der Waals surface area contributed by atoms with E-state index in [-0.39, 0.29) is 0 Å². The van der Waals surface area contributed by atoms with E-state index >= 15 is 0 Å². The van der Waals surface area contributed by atoms with Crippen LogP contribution < -0.4 is 5.69 Å². The SMILES string of the molecule is CCCCCc1ccc2nc(=O)n3nc(-c4nnn[nH]4)[nH]c3c2c1. The molecule has 0 atom stereocenters. The van der Waals surface area contributed by atoms with Gasteiger partial charge in [0.05, 0.1) is 5.52 Å². The quantitative estimate of drug-likeness (QED) is 0.537. The van der Waals surface area contributed by atoms with Crippen LogP contribution in [0.4, 0.5) is 0 Å². The van der Waals surface area contributed by atoms with E-state index in [0.717, 1.165) is 18.2 Å². The van der Waals surface area contributed by atoms with Crippen molar-refractivity contribution in [2.75, 3.05) is 0 Å². The van der Waals surface area contributed by atoms with Crippen LogP contribution in [0.2, 0.25) is 0 Å². The summed E-state index contributed by atoms with van der Waals surface area (Å²) in [6.45, 7) is 2.19. The molecular weight excluding hydrogens is 308 g/mol. The predicted molar refractivity (Wildman–Crippen MR) is 87.5 cm³/mol. The molecular formula is C15H16N8O. The lowest BCUT2D eigenvalue weighted by Crippen LogP contribution is -2.17. The molecule has 0 aliphatic heterocycles. The van der Waals surface area contributed by atoms with E-state index < -0.39 is 5.69 Å². The van der Waals surface area contributed by atoms with Crippen LogP contribution in [0.15, 0.2) is 23.0 Å². The van der Waals surface area contributed by atoms with Gasteiger partial charge < -0.3 is 4.98 Å². The van der Waals surface area contributed by atoms with Gasteiger partial charge in [0.15, 0.2) is 5.82 Å². The van der Waals surface area contributed by atoms with E-state index in [2.05, 4.69) is 48.7 Å². The maximum absolute atomic E-state index is 12.2. The van der Waals surface area contributed by atoms with Gasteiger partial charge in [-0.1, -0.05) is 25.8 Å². The molecule has 9 heteroatoms. The highest BCUT2D eigenvalue weighted by Crippen LogP contribution is 2.20. The number of unbranched alkanes of at least 4 members (excludes halogenated alkanes) is 2. The lowest BCUT2D eigenvalue weighted by Gasteiger charge is -2.03. The zero-order chi connectivity index (χ0) is 16.5. The molecule has 1 aromatic carbocycles. The van der Waals surface area contributed by atoms with Gasteiger partial charge in [0.2, 0.25) is 5.82 Å². The van der Waals surface area contributed by atoms with E-state index in [1.807, 2.05) is 12.1 Å². The van der Waals surface area contributed by atoms with Gasteiger partial charge in [-0.15, -0.1) is 10.2 Å². The summed E-state index contributed by atoms with van der Waals surface area (Å²) in [6.07, 6.45) is 4.53. The molecule has 0 saturated heterocycles. The van der Waals surface area contributed by atoms with Gasteiger partial charge in [0.1, 0.15) is 5.65 Å². The third-order valence-electron chi connectivity index (χ3n) is 4.00. The zero-order valence-corrected chi connectivity index (χ0v) is 13.2. The monoisotopic (exact) mass is 324 g/mol. The van der Waals surface area contributed by atoms with Crippen LogP contribution in [0.25, 0.3) is 28.2 Å². The van der Waals surface area contributed by atoms with E-state index in [1.54, 1.807) is 0 Å². The number of nitrogens with zero attached hydrogens (tertiary/aromatic N) is 6. The van der Waals surface area contributed by atoms with Crippen molar-refractivity contribution in [2.45, 2.75) is 32.6 Å². The Bertz CT molecular complexity index is 1050. The molecule has 2 N–H and O–H groups in total. The summed E-state index contributed by atoms with van der Waals surface area (Å²) in [5.74, 6) is 0.758. The van der Waals surface area contributed by atoms with Crippen LogP contribution >= 0.6 is 0 Å². The first-order valence-electron chi connectivity index (χ1n) is 7.92. The Hall–Kier alpha value is -3.10. The fourth-order valence-corrected chi connectivity index (χ4v) is 2.78. The average Bonchev–Trinajstić information content (AvgIpc) is 3.25. The van der Waals surface area contributed by atoms with Gasteiger partial charge in [-0.3, -0.25) is 0 Å². The average molecular weight is 324 g/mol. The maximum atomic E-state index is 12.2. The van der Waals surface area contributed by atoms with Gasteiger partial charge in [-0.25, -0.2) is 9.89 Å². The topological polar surface area (TPSA) is 118 Å². The van der Waals surface area contributed by atoms with E-state index in [9.17, 15) is 4.79 Å². The van der Waals surface area contributed by atoms with Gasteiger partial charge in [-0.2, -0.15) is 9.50 Å². The van der Waals surface area contributed by atoms with Crippen LogP contribution in [0.1, 0.15) is 31.7 Å². The number of H-pyrrole nitrogens is 2. The highest BCUT2D eigenvalue weighted by atomic mass is 16.1. The molecule has 9 nitrogen and oxygen atoms in total. The minimum Gasteiger partial charge on any atom is -0.319 e. The minimum absolute atomic E-state index is 0.366. The van der Waals surface area contributed by atoms with Crippen molar-refractivity contribution in [1.29, 1.82) is 0 Å². The summed E-state index contributed by atoms with van der Waals surface area (Å²) < 4.78 is 1.25. The van der Waals surface area contributed by atoms with Crippen LogP contribution in [-0.2, 0) is 6.42 Å². The molecule has 0 aliphatic carbocycles. The Morgan fingerprint density at radius 2 is 2.12 bits per heavy atom. The van der Waals surface area contributed by atoms with Crippen molar-refractivity contribution in [3.8, 4) is 11.6 Å². The molecule has 122 valence electrons. The molecule has 0 bridgehead atoms. The van der Waals surface area contributed by atoms with E-state index in [4.69, 9.17) is 0 Å². The Kier molecular flexibility index (Phi) is 3.52. The third kappa shape index (κ3) is 2.43. The highest BCUT2D eigenvalue weighted by Gasteiger charge is 2.14. The number of hydrogen-bond acceptors (Lipinski definition) is 6. The molecule has 3 heterocycles. The molecule has 4 rings (SSSR count). The fraction of sp³-hybridized carbons (Fsp3) is 0.333. The summed E-state index contributed by atoms with van der Waals surface area (Å²) in [5.41, 5.74) is 2.01. The van der Waals surface area contributed by atoms with Gasteiger partial charge in [0.25, 0.3) is 0 Å². The predicted octanol–water partition coefficient (Wildman–Crippen LogP) is 1.48. The number of aryl methyl sites for hydroxylation is 1. The number of aromatic nitrogens is 8. The van der Waals surface area contributed by atoms with Crippen molar-refractivity contribution in [3.05, 3.63) is 34.2 Å². The molecule has 24 heavy (non-hydrogen) atoms. The van der Waals surface area contributed by atoms with Gasteiger partial charge in [0, 0.05) is 5.39 Å². The normalized spacial score (nSPS) is 11.5.